The van der Waals surface area contributed by atoms with Crippen LogP contribution in [0.25, 0.3) is 0 Å². The maximum absolute atomic E-state index is 13.8. The van der Waals surface area contributed by atoms with Gasteiger partial charge in [0.2, 0.25) is 0 Å². The monoisotopic (exact) mass is 1020 g/mol. The van der Waals surface area contributed by atoms with Crippen molar-refractivity contribution in [2.24, 2.45) is 5.92 Å². The molecule has 1 amide bonds. The average Bonchev–Trinajstić information content (AvgIpc) is 3.35. The number of ether oxygens (including phenoxy) is 16. The Balaban J connectivity index is 2.36. The van der Waals surface area contributed by atoms with Crippen molar-refractivity contribution in [3.8, 4) is 0 Å². The normalized spacial score (nSPS) is 12.2. The molecule has 0 spiro atoms. The van der Waals surface area contributed by atoms with Crippen LogP contribution in [-0.2, 0) is 85.6 Å². The third-order valence-corrected chi connectivity index (χ3v) is 11.1. The number of carbonyl (C=O) groups is 2. The number of Topliss-reactive ketones (excluding diaryl/α,β-unsaturated/α-hetero) is 1. The topological polar surface area (TPSA) is 228 Å². The Labute approximate surface area is 411 Å². The van der Waals surface area contributed by atoms with Gasteiger partial charge in [-0.15, -0.1) is 0 Å². The molecule has 0 radical (unpaired) electrons. The van der Waals surface area contributed by atoms with Crippen molar-refractivity contribution in [3.05, 3.63) is 35.4 Å². The van der Waals surface area contributed by atoms with Crippen LogP contribution in [-0.4, -0.2) is 251 Å². The van der Waals surface area contributed by atoms with Crippen molar-refractivity contribution < 1.29 is 93.8 Å². The maximum Gasteiger partial charge on any atom is 0.251 e. The van der Waals surface area contributed by atoms with Crippen LogP contribution in [0, 0.1) is 5.92 Å². The summed E-state index contributed by atoms with van der Waals surface area (Å²) >= 11 is 0. The molecule has 0 aromatic heterocycles. The van der Waals surface area contributed by atoms with Gasteiger partial charge in [0, 0.05) is 51.5 Å². The van der Waals surface area contributed by atoms with Gasteiger partial charge in [0.05, 0.1) is 196 Å². The van der Waals surface area contributed by atoms with Crippen molar-refractivity contribution in [2.75, 3.05) is 231 Å². The van der Waals surface area contributed by atoms with Gasteiger partial charge in [0.1, 0.15) is 0 Å². The number of amides is 1. The summed E-state index contributed by atoms with van der Waals surface area (Å²) < 4.78 is 112. The van der Waals surface area contributed by atoms with Crippen LogP contribution in [0.3, 0.4) is 0 Å². The molecule has 0 heterocycles. The molecule has 0 aliphatic carbocycles. The fraction of sp³-hybridized carbons (Fsp3) is 0.830. The van der Waals surface area contributed by atoms with Crippen LogP contribution >= 0.6 is 0 Å². The van der Waals surface area contributed by atoms with Crippen LogP contribution in [0.1, 0.15) is 40.0 Å². The number of benzene rings is 1. The minimum absolute atomic E-state index is 0.0356. The highest BCUT2D eigenvalue weighted by molar-refractivity contribution is 7.91. The molecule has 21 nitrogen and oxygen atoms in total. The van der Waals surface area contributed by atoms with Gasteiger partial charge >= 0.3 is 0 Å². The zero-order valence-corrected chi connectivity index (χ0v) is 42.5. The molecule has 1 N–H and O–H groups in total. The molecule has 1 aromatic carbocycles. The van der Waals surface area contributed by atoms with E-state index in [0.717, 1.165) is 0 Å². The van der Waals surface area contributed by atoms with Crippen molar-refractivity contribution in [3.63, 3.8) is 0 Å². The minimum atomic E-state index is -3.67. The third-order valence-electron chi connectivity index (χ3n) is 9.43. The highest BCUT2D eigenvalue weighted by atomic mass is 32.2. The number of ketones is 1. The van der Waals surface area contributed by atoms with Crippen LogP contribution in [0.4, 0.5) is 0 Å². The quantitative estimate of drug-likeness (QED) is 0.0727. The molecule has 0 aliphatic heterocycles. The van der Waals surface area contributed by atoms with Gasteiger partial charge in [-0.2, -0.15) is 0 Å². The summed E-state index contributed by atoms with van der Waals surface area (Å²) in [4.78, 5) is 26.4. The van der Waals surface area contributed by atoms with E-state index in [0.29, 0.717) is 209 Å². The average molecular weight is 1020 g/mol. The predicted octanol–water partition coefficient (Wildman–Crippen LogP) is 1.96. The van der Waals surface area contributed by atoms with Crippen LogP contribution < -0.4 is 5.32 Å². The largest absolute Gasteiger partial charge is 0.382 e. The zero-order chi connectivity index (χ0) is 50.0. The molecular weight excluding hydrogens is 931 g/mol. The van der Waals surface area contributed by atoms with Crippen molar-refractivity contribution in [1.82, 2.24) is 5.32 Å². The third kappa shape index (κ3) is 41.9. The first-order valence-electron chi connectivity index (χ1n) is 23.9. The molecular formula is C47H85NO20S. The van der Waals surface area contributed by atoms with Crippen molar-refractivity contribution in [1.29, 1.82) is 0 Å². The van der Waals surface area contributed by atoms with Gasteiger partial charge in [0.15, 0.2) is 15.6 Å². The standard InChI is InChI=1S/C47H85NO20S/c1-53-14-17-57-13-11-48-47(50)44-9-7-43(8-10-44)46(49)45(6-4-5-12-56-20-21-60-26-27-63-32-33-64-30-28-61-24-22-58-18-15-54-2)42-69(51,52)41-40-68-39-38-67-37-36-66-35-34-65-31-29-62-25-23-59-19-16-55-3/h7-10,45H,4-6,11-42H2,1-3H3,(H,48,50). The molecule has 0 fully saturated rings. The number of hydrogen-bond acceptors (Lipinski definition) is 20. The van der Waals surface area contributed by atoms with E-state index in [-0.39, 0.29) is 43.0 Å². The van der Waals surface area contributed by atoms with E-state index in [1.807, 2.05) is 0 Å². The molecule has 0 saturated heterocycles. The van der Waals surface area contributed by atoms with E-state index in [1.165, 1.54) is 0 Å². The number of hydrogen-bond donors (Lipinski definition) is 1. The first kappa shape index (κ1) is 64.7. The lowest BCUT2D eigenvalue weighted by Gasteiger charge is -2.17. The first-order valence-corrected chi connectivity index (χ1v) is 25.8. The van der Waals surface area contributed by atoms with Crippen molar-refractivity contribution >= 4 is 21.5 Å². The number of unbranched alkanes of at least 4 members (excludes halogenated alkanes) is 1. The number of rotatable bonds is 55. The summed E-state index contributed by atoms with van der Waals surface area (Å²) in [5, 5.41) is 2.77. The molecule has 0 aliphatic rings. The second kappa shape index (κ2) is 49.3. The second-order valence-corrected chi connectivity index (χ2v) is 17.2. The molecule has 1 rings (SSSR count). The number of nitrogens with one attached hydrogen (secondary N) is 1. The first-order chi connectivity index (χ1) is 33.8. The van der Waals surface area contributed by atoms with E-state index < -0.39 is 15.8 Å². The number of sulfone groups is 1. The zero-order valence-electron chi connectivity index (χ0n) is 41.7. The van der Waals surface area contributed by atoms with E-state index in [1.54, 1.807) is 45.6 Å². The maximum atomic E-state index is 13.8. The second-order valence-electron chi connectivity index (χ2n) is 14.9. The molecule has 404 valence electrons. The predicted molar refractivity (Wildman–Crippen MR) is 255 cm³/mol. The van der Waals surface area contributed by atoms with Gasteiger partial charge in [-0.1, -0.05) is 18.6 Å². The summed E-state index contributed by atoms with van der Waals surface area (Å²) in [5.41, 5.74) is 0.695. The van der Waals surface area contributed by atoms with E-state index in [9.17, 15) is 18.0 Å². The molecule has 0 saturated carbocycles. The van der Waals surface area contributed by atoms with E-state index in [4.69, 9.17) is 75.8 Å². The van der Waals surface area contributed by atoms with Gasteiger partial charge in [0.25, 0.3) is 5.91 Å². The van der Waals surface area contributed by atoms with Crippen LogP contribution in [0.5, 0.6) is 0 Å². The van der Waals surface area contributed by atoms with Gasteiger partial charge in [-0.3, -0.25) is 9.59 Å². The molecule has 1 atom stereocenters. The van der Waals surface area contributed by atoms with Gasteiger partial charge in [-0.25, -0.2) is 8.42 Å². The highest BCUT2D eigenvalue weighted by Gasteiger charge is 2.26. The van der Waals surface area contributed by atoms with Gasteiger partial charge < -0.3 is 81.1 Å². The minimum Gasteiger partial charge on any atom is -0.382 e. The highest BCUT2D eigenvalue weighted by Crippen LogP contribution is 2.19. The summed E-state index contributed by atoms with van der Waals surface area (Å²) in [6.45, 7) is 12.6. The molecule has 1 unspecified atom stereocenters. The Morgan fingerprint density at radius 3 is 1.07 bits per heavy atom. The van der Waals surface area contributed by atoms with Crippen LogP contribution in [0.15, 0.2) is 24.3 Å². The SMILES string of the molecule is COCCOCCNC(=O)c1ccc(C(=O)C(CCCCOCCOCCOCCOCCOCCOCCOC)CS(=O)(=O)CCOCCOCCOCCOCCOCCOCCOC)cc1. The summed E-state index contributed by atoms with van der Waals surface area (Å²) in [7, 11) is 1.16. The van der Waals surface area contributed by atoms with E-state index >= 15 is 0 Å². The molecule has 22 heteroatoms. The fourth-order valence-corrected chi connectivity index (χ4v) is 7.22. The summed E-state index contributed by atoms with van der Waals surface area (Å²) in [6, 6.07) is 6.22. The Bertz CT molecular complexity index is 1400. The fourth-order valence-electron chi connectivity index (χ4n) is 5.75. The van der Waals surface area contributed by atoms with Gasteiger partial charge in [-0.05, 0) is 25.0 Å². The molecule has 0 bridgehead atoms. The lowest BCUT2D eigenvalue weighted by molar-refractivity contribution is -0.0192. The smallest absolute Gasteiger partial charge is 0.251 e. The Hall–Kier alpha value is -2.33. The summed E-state index contributed by atoms with van der Waals surface area (Å²) in [5.74, 6) is -1.99. The Morgan fingerprint density at radius 1 is 0.406 bits per heavy atom. The van der Waals surface area contributed by atoms with Crippen LogP contribution in [0.2, 0.25) is 0 Å². The summed E-state index contributed by atoms with van der Waals surface area (Å²) in [6.07, 6.45) is 1.53. The van der Waals surface area contributed by atoms with Crippen molar-refractivity contribution in [2.45, 2.75) is 19.3 Å². The van der Waals surface area contributed by atoms with E-state index in [2.05, 4.69) is 5.32 Å². The number of carbonyl (C=O) groups excluding carboxylic acids is 2. The molecule has 1 aromatic rings. The number of methoxy groups -OCH3 is 3. The molecule has 69 heavy (non-hydrogen) atoms. The Kier molecular flexibility index (Phi) is 46.2. The lowest BCUT2D eigenvalue weighted by atomic mass is 9.93. The Morgan fingerprint density at radius 2 is 0.710 bits per heavy atom. The lowest BCUT2D eigenvalue weighted by Crippen LogP contribution is -2.28.